The lowest BCUT2D eigenvalue weighted by atomic mass is 10.1. The number of nitrogens with zero attached hydrogens (tertiary/aromatic N) is 2. The average molecular weight is 525 g/mol. The highest BCUT2D eigenvalue weighted by Crippen LogP contribution is 2.37. The Morgan fingerprint density at radius 2 is 1.92 bits per heavy atom. The lowest BCUT2D eigenvalue weighted by Gasteiger charge is -2.14. The van der Waals surface area contributed by atoms with Crippen molar-refractivity contribution in [2.45, 2.75) is 0 Å². The van der Waals surface area contributed by atoms with E-state index in [0.717, 1.165) is 6.07 Å². The second-order valence-electron chi connectivity index (χ2n) is 7.28. The number of amides is 2. The number of nitrogens with one attached hydrogen (secondary N) is 2. The minimum absolute atomic E-state index is 0.0120. The van der Waals surface area contributed by atoms with Gasteiger partial charge in [-0.15, -0.1) is 0 Å². The van der Waals surface area contributed by atoms with Crippen LogP contribution in [0.5, 0.6) is 11.5 Å². The highest BCUT2D eigenvalue weighted by Gasteiger charge is 2.17. The van der Waals surface area contributed by atoms with Crippen LogP contribution in [0.15, 0.2) is 66.2 Å². The third-order valence-electron chi connectivity index (χ3n) is 4.74. The number of hydrogen-bond acceptors (Lipinski definition) is 7. The number of benzene rings is 3. The number of anilines is 2. The maximum absolute atomic E-state index is 13.7. The zero-order valence-electron chi connectivity index (χ0n) is 19.2. The number of hydrogen-bond donors (Lipinski definition) is 2. The summed E-state index contributed by atoms with van der Waals surface area (Å²) < 4.78 is 24.5. The molecule has 0 saturated heterocycles. The van der Waals surface area contributed by atoms with Crippen LogP contribution < -0.4 is 20.1 Å². The summed E-state index contributed by atoms with van der Waals surface area (Å²) in [5, 5.41) is 25.2. The second kappa shape index (κ2) is 12.1. The van der Waals surface area contributed by atoms with Gasteiger partial charge in [-0.25, -0.2) is 4.39 Å². The van der Waals surface area contributed by atoms with E-state index in [1.54, 1.807) is 12.1 Å². The van der Waals surface area contributed by atoms with Crippen molar-refractivity contribution in [3.63, 3.8) is 0 Å². The first-order chi connectivity index (χ1) is 17.7. The number of nitriles is 1. The van der Waals surface area contributed by atoms with Gasteiger partial charge in [0.05, 0.1) is 22.7 Å². The van der Waals surface area contributed by atoms with E-state index in [1.807, 2.05) is 0 Å². The van der Waals surface area contributed by atoms with Crippen LogP contribution in [0.4, 0.5) is 21.5 Å². The molecule has 0 aliphatic heterocycles. The van der Waals surface area contributed by atoms with E-state index in [9.17, 15) is 29.4 Å². The van der Waals surface area contributed by atoms with Gasteiger partial charge in [0.15, 0.2) is 18.1 Å². The quantitative estimate of drug-likeness (QED) is 0.174. The van der Waals surface area contributed by atoms with Gasteiger partial charge in [-0.1, -0.05) is 29.8 Å². The fraction of sp³-hybridized carbons (Fsp3) is 0.0800. The molecule has 0 unspecified atom stereocenters. The van der Waals surface area contributed by atoms with Crippen LogP contribution in [-0.4, -0.2) is 30.5 Å². The average Bonchev–Trinajstić information content (AvgIpc) is 2.87. The number of nitro groups is 1. The van der Waals surface area contributed by atoms with Gasteiger partial charge in [0, 0.05) is 17.8 Å². The van der Waals surface area contributed by atoms with Crippen molar-refractivity contribution in [2.24, 2.45) is 0 Å². The number of rotatable bonds is 9. The molecular formula is C25H18ClFN4O6. The summed E-state index contributed by atoms with van der Waals surface area (Å²) in [5.74, 6) is -1.93. The molecule has 2 amide bonds. The number of ether oxygens (including phenoxy) is 2. The molecule has 0 spiro atoms. The van der Waals surface area contributed by atoms with Crippen LogP contribution in [-0.2, 0) is 9.59 Å². The zero-order valence-corrected chi connectivity index (χ0v) is 19.9. The van der Waals surface area contributed by atoms with Crippen LogP contribution in [0.3, 0.4) is 0 Å². The van der Waals surface area contributed by atoms with E-state index < -0.39 is 29.2 Å². The Labute approximate surface area is 215 Å². The fourth-order valence-electron chi connectivity index (χ4n) is 3.06. The summed E-state index contributed by atoms with van der Waals surface area (Å²) in [5.41, 5.74) is -0.122. The standard InChI is InChI=1S/C25H18ClFN4O6/c1-36-22-11-15(9-16(13-28)25(33)29-17-5-4-6-18(12-17)31(34)35)10-19(26)24(22)37-14-23(32)30-21-8-3-2-7-20(21)27/h2-12H,14H2,1H3,(H,29,33)(H,30,32)/b16-9-. The SMILES string of the molecule is COc1cc(/C=C(/C#N)C(=O)Nc2cccc([N+](=O)[O-])c2)cc(Cl)c1OCC(=O)Nc1ccccc1F. The maximum Gasteiger partial charge on any atom is 0.271 e. The predicted molar refractivity (Wildman–Crippen MR) is 134 cm³/mol. The van der Waals surface area contributed by atoms with Crippen LogP contribution >= 0.6 is 11.6 Å². The van der Waals surface area contributed by atoms with E-state index >= 15 is 0 Å². The highest BCUT2D eigenvalue weighted by molar-refractivity contribution is 6.32. The molecule has 0 atom stereocenters. The first-order valence-corrected chi connectivity index (χ1v) is 10.8. The van der Waals surface area contributed by atoms with E-state index in [4.69, 9.17) is 21.1 Å². The molecule has 0 radical (unpaired) electrons. The van der Waals surface area contributed by atoms with Crippen molar-refractivity contribution in [3.8, 4) is 17.6 Å². The summed E-state index contributed by atoms with van der Waals surface area (Å²) in [4.78, 5) is 35.0. The molecule has 0 bridgehead atoms. The molecule has 0 saturated carbocycles. The van der Waals surface area contributed by atoms with Gasteiger partial charge in [-0.2, -0.15) is 5.26 Å². The van der Waals surface area contributed by atoms with Gasteiger partial charge in [-0.05, 0) is 42.0 Å². The third kappa shape index (κ3) is 7.03. The number of carbonyl (C=O) groups excluding carboxylic acids is 2. The lowest BCUT2D eigenvalue weighted by molar-refractivity contribution is -0.384. The number of halogens is 2. The largest absolute Gasteiger partial charge is 0.493 e. The minimum atomic E-state index is -0.803. The van der Waals surface area contributed by atoms with Gasteiger partial charge >= 0.3 is 0 Å². The van der Waals surface area contributed by atoms with E-state index in [0.29, 0.717) is 5.56 Å². The zero-order chi connectivity index (χ0) is 26.9. The van der Waals surface area contributed by atoms with Crippen molar-refractivity contribution in [2.75, 3.05) is 24.4 Å². The molecule has 0 aliphatic rings. The van der Waals surface area contributed by atoms with Crippen LogP contribution in [0.2, 0.25) is 5.02 Å². The third-order valence-corrected chi connectivity index (χ3v) is 5.02. The maximum atomic E-state index is 13.7. The van der Waals surface area contributed by atoms with Crippen LogP contribution in [0.25, 0.3) is 6.08 Å². The Kier molecular flexibility index (Phi) is 8.75. The van der Waals surface area contributed by atoms with Crippen molar-refractivity contribution in [3.05, 3.63) is 92.8 Å². The predicted octanol–water partition coefficient (Wildman–Crippen LogP) is 4.96. The normalized spacial score (nSPS) is 10.7. The first-order valence-electron chi connectivity index (χ1n) is 10.4. The van der Waals surface area contributed by atoms with Crippen molar-refractivity contribution < 1.29 is 28.4 Å². The summed E-state index contributed by atoms with van der Waals surface area (Å²) in [6, 6.07) is 15.4. The van der Waals surface area contributed by atoms with E-state index in [1.165, 1.54) is 61.7 Å². The minimum Gasteiger partial charge on any atom is -0.493 e. The van der Waals surface area contributed by atoms with Crippen molar-refractivity contribution in [1.29, 1.82) is 5.26 Å². The molecular weight excluding hydrogens is 507 g/mol. The summed E-state index contributed by atoms with van der Waals surface area (Å²) in [6.07, 6.45) is 1.23. The molecule has 10 nitrogen and oxygen atoms in total. The fourth-order valence-corrected chi connectivity index (χ4v) is 3.33. The topological polar surface area (TPSA) is 144 Å². The summed E-state index contributed by atoms with van der Waals surface area (Å²) in [6.45, 7) is -0.505. The number of methoxy groups -OCH3 is 1. The molecule has 3 aromatic carbocycles. The molecule has 0 heterocycles. The molecule has 188 valence electrons. The van der Waals surface area contributed by atoms with Crippen LogP contribution in [0, 0.1) is 27.3 Å². The van der Waals surface area contributed by atoms with Gasteiger partial charge in [0.2, 0.25) is 0 Å². The molecule has 0 aromatic heterocycles. The first kappa shape index (κ1) is 26.7. The number of para-hydroxylation sites is 1. The summed E-state index contributed by atoms with van der Waals surface area (Å²) in [7, 11) is 1.33. The number of nitro benzene ring substituents is 1. The second-order valence-corrected chi connectivity index (χ2v) is 7.69. The molecule has 37 heavy (non-hydrogen) atoms. The Morgan fingerprint density at radius 1 is 1.16 bits per heavy atom. The molecule has 3 aromatic rings. The highest BCUT2D eigenvalue weighted by atomic mass is 35.5. The van der Waals surface area contributed by atoms with Gasteiger partial charge in [0.1, 0.15) is 17.5 Å². The van der Waals surface area contributed by atoms with Crippen molar-refractivity contribution >= 4 is 46.6 Å². The summed E-state index contributed by atoms with van der Waals surface area (Å²) >= 11 is 6.29. The van der Waals surface area contributed by atoms with Gasteiger partial charge < -0.3 is 20.1 Å². The smallest absolute Gasteiger partial charge is 0.271 e. The van der Waals surface area contributed by atoms with Crippen LogP contribution in [0.1, 0.15) is 5.56 Å². The molecule has 2 N–H and O–H groups in total. The Balaban J connectivity index is 1.75. The lowest BCUT2D eigenvalue weighted by Crippen LogP contribution is -2.21. The van der Waals surface area contributed by atoms with E-state index in [-0.39, 0.29) is 39.2 Å². The molecule has 0 fully saturated rings. The molecule has 12 heteroatoms. The molecule has 0 aliphatic carbocycles. The molecule has 3 rings (SSSR count). The number of non-ortho nitro benzene ring substituents is 1. The number of carbonyl (C=O) groups is 2. The van der Waals surface area contributed by atoms with Crippen molar-refractivity contribution in [1.82, 2.24) is 0 Å². The van der Waals surface area contributed by atoms with E-state index in [2.05, 4.69) is 10.6 Å². The Hall–Kier alpha value is -4.95. The van der Waals surface area contributed by atoms with Gasteiger partial charge in [-0.3, -0.25) is 19.7 Å². The monoisotopic (exact) mass is 524 g/mol. The Morgan fingerprint density at radius 3 is 2.59 bits per heavy atom. The Bertz CT molecular complexity index is 1440. The van der Waals surface area contributed by atoms with Gasteiger partial charge in [0.25, 0.3) is 17.5 Å².